The van der Waals surface area contributed by atoms with Crippen molar-refractivity contribution in [1.82, 2.24) is 0 Å². The molecule has 1 aliphatic heterocycles. The lowest BCUT2D eigenvalue weighted by Crippen LogP contribution is -2.45. The molecule has 28 heavy (non-hydrogen) atoms. The van der Waals surface area contributed by atoms with Gasteiger partial charge in [-0.1, -0.05) is 58.1 Å². The molecule has 0 fully saturated rings. The number of methoxy groups -OCH3 is 1. The van der Waals surface area contributed by atoms with E-state index in [4.69, 9.17) is 9.47 Å². The van der Waals surface area contributed by atoms with Crippen LogP contribution in [0.3, 0.4) is 0 Å². The normalized spacial score (nSPS) is 23.3. The van der Waals surface area contributed by atoms with Crippen molar-refractivity contribution < 1.29 is 9.47 Å². The fourth-order valence-electron chi connectivity index (χ4n) is 5.24. The van der Waals surface area contributed by atoms with E-state index in [0.717, 1.165) is 24.3 Å². The Balaban J connectivity index is 1.98. The predicted octanol–water partition coefficient (Wildman–Crippen LogP) is 7.55. The second-order valence-electron chi connectivity index (χ2n) is 10.2. The molecular formula is C26H40O2. The van der Waals surface area contributed by atoms with Gasteiger partial charge in [0.05, 0.1) is 7.11 Å². The highest BCUT2D eigenvalue weighted by atomic mass is 16.5. The summed E-state index contributed by atoms with van der Waals surface area (Å²) in [5, 5.41) is 0. The Morgan fingerprint density at radius 1 is 1.18 bits per heavy atom. The van der Waals surface area contributed by atoms with Crippen molar-refractivity contribution in [1.29, 1.82) is 0 Å². The van der Waals surface area contributed by atoms with Crippen molar-refractivity contribution >= 4 is 0 Å². The van der Waals surface area contributed by atoms with Crippen molar-refractivity contribution in [3.8, 4) is 11.5 Å². The lowest BCUT2D eigenvalue weighted by Gasteiger charge is -2.47. The number of hydrogen-bond acceptors (Lipinski definition) is 2. The highest BCUT2D eigenvalue weighted by molar-refractivity contribution is 5.54. The minimum absolute atomic E-state index is 0.128. The summed E-state index contributed by atoms with van der Waals surface area (Å²) < 4.78 is 12.6. The first-order valence-corrected chi connectivity index (χ1v) is 11.3. The van der Waals surface area contributed by atoms with Crippen LogP contribution in [0, 0.1) is 5.92 Å². The van der Waals surface area contributed by atoms with Crippen LogP contribution < -0.4 is 9.47 Å². The summed E-state index contributed by atoms with van der Waals surface area (Å²) >= 11 is 0. The second kappa shape index (κ2) is 8.13. The maximum atomic E-state index is 6.64. The molecule has 2 aliphatic rings. The van der Waals surface area contributed by atoms with Gasteiger partial charge in [0.1, 0.15) is 17.1 Å². The van der Waals surface area contributed by atoms with Gasteiger partial charge in [-0.15, -0.1) is 0 Å². The number of hydrogen-bond donors (Lipinski definition) is 0. The van der Waals surface area contributed by atoms with E-state index in [1.165, 1.54) is 48.8 Å². The topological polar surface area (TPSA) is 18.5 Å². The lowest BCUT2D eigenvalue weighted by atomic mass is 9.66. The lowest BCUT2D eigenvalue weighted by molar-refractivity contribution is 0.00738. The molecule has 1 heterocycles. The van der Waals surface area contributed by atoms with Gasteiger partial charge in [-0.3, -0.25) is 0 Å². The summed E-state index contributed by atoms with van der Waals surface area (Å²) in [6, 6.07) is 4.62. The van der Waals surface area contributed by atoms with E-state index in [1.54, 1.807) is 0 Å². The Morgan fingerprint density at radius 3 is 2.61 bits per heavy atom. The zero-order chi connectivity index (χ0) is 20.5. The molecule has 3 rings (SSSR count). The third kappa shape index (κ3) is 4.11. The minimum Gasteiger partial charge on any atom is -0.496 e. The van der Waals surface area contributed by atoms with E-state index in [1.807, 2.05) is 7.11 Å². The Bertz CT molecular complexity index is 726. The fourth-order valence-corrected chi connectivity index (χ4v) is 5.24. The fraction of sp³-hybridized carbons (Fsp3) is 0.692. The smallest absolute Gasteiger partial charge is 0.127 e. The molecule has 0 radical (unpaired) electrons. The molecule has 1 aromatic carbocycles. The highest BCUT2D eigenvalue weighted by Crippen LogP contribution is 2.55. The predicted molar refractivity (Wildman–Crippen MR) is 119 cm³/mol. The first-order chi connectivity index (χ1) is 13.2. The van der Waals surface area contributed by atoms with E-state index in [-0.39, 0.29) is 11.0 Å². The van der Waals surface area contributed by atoms with Crippen LogP contribution in [-0.4, -0.2) is 12.7 Å². The number of rotatable bonds is 7. The standard InChI is InChI=1S/C26H40O2/c1-8-9-10-11-14-25(3,4)19-16-22(27-7)24-20-15-18(2)12-13-21(20)26(5,6)28-23(24)17-19/h12,16-17,20-21H,8-11,13-15H2,1-7H3. The first-order valence-electron chi connectivity index (χ1n) is 11.3. The van der Waals surface area contributed by atoms with Crippen LogP contribution in [0.25, 0.3) is 0 Å². The van der Waals surface area contributed by atoms with Crippen LogP contribution in [0.15, 0.2) is 23.8 Å². The number of unbranched alkanes of at least 4 members (excludes halogenated alkanes) is 3. The average molecular weight is 385 g/mol. The van der Waals surface area contributed by atoms with Gasteiger partial charge in [-0.25, -0.2) is 0 Å². The monoisotopic (exact) mass is 384 g/mol. The molecule has 0 N–H and O–H groups in total. The van der Waals surface area contributed by atoms with Crippen LogP contribution in [-0.2, 0) is 5.41 Å². The largest absolute Gasteiger partial charge is 0.496 e. The number of allylic oxidation sites excluding steroid dienone is 2. The van der Waals surface area contributed by atoms with E-state index < -0.39 is 0 Å². The van der Waals surface area contributed by atoms with E-state index in [2.05, 4.69) is 59.8 Å². The van der Waals surface area contributed by atoms with Crippen LogP contribution in [0.5, 0.6) is 11.5 Å². The van der Waals surface area contributed by atoms with Crippen LogP contribution in [0.1, 0.15) is 104 Å². The Morgan fingerprint density at radius 2 is 1.93 bits per heavy atom. The zero-order valence-corrected chi connectivity index (χ0v) is 19.2. The van der Waals surface area contributed by atoms with Crippen molar-refractivity contribution in [2.24, 2.45) is 5.92 Å². The number of ether oxygens (including phenoxy) is 2. The van der Waals surface area contributed by atoms with Gasteiger partial charge in [0.2, 0.25) is 0 Å². The molecule has 2 nitrogen and oxygen atoms in total. The van der Waals surface area contributed by atoms with Crippen molar-refractivity contribution in [2.45, 2.75) is 103 Å². The molecule has 1 aromatic rings. The summed E-state index contributed by atoms with van der Waals surface area (Å²) in [6.45, 7) is 13.8. The van der Waals surface area contributed by atoms with E-state index in [9.17, 15) is 0 Å². The van der Waals surface area contributed by atoms with Gasteiger partial charge in [0, 0.05) is 17.4 Å². The summed E-state index contributed by atoms with van der Waals surface area (Å²) in [6.07, 6.45) is 11.0. The molecular weight excluding hydrogens is 344 g/mol. The summed E-state index contributed by atoms with van der Waals surface area (Å²) in [7, 11) is 1.81. The molecule has 0 spiro atoms. The van der Waals surface area contributed by atoms with Crippen LogP contribution in [0.4, 0.5) is 0 Å². The summed E-state index contributed by atoms with van der Waals surface area (Å²) in [4.78, 5) is 0. The second-order valence-corrected chi connectivity index (χ2v) is 10.2. The molecule has 2 unspecified atom stereocenters. The average Bonchev–Trinajstić information content (AvgIpc) is 2.63. The molecule has 156 valence electrons. The van der Waals surface area contributed by atoms with Gasteiger partial charge in [-0.2, -0.15) is 0 Å². The van der Waals surface area contributed by atoms with Gasteiger partial charge in [-0.05, 0) is 63.1 Å². The van der Waals surface area contributed by atoms with Crippen LogP contribution >= 0.6 is 0 Å². The molecule has 2 atom stereocenters. The maximum absolute atomic E-state index is 6.64. The molecule has 2 heteroatoms. The minimum atomic E-state index is -0.149. The molecule has 1 aliphatic carbocycles. The molecule has 0 bridgehead atoms. The highest BCUT2D eigenvalue weighted by Gasteiger charge is 2.46. The SMILES string of the molecule is CCCCCCC(C)(C)c1cc(OC)c2c(c1)OC(C)(C)C1CC=C(C)CC21. The third-order valence-corrected chi connectivity index (χ3v) is 7.15. The number of fused-ring (bicyclic) bond motifs is 3. The zero-order valence-electron chi connectivity index (χ0n) is 19.2. The van der Waals surface area contributed by atoms with Gasteiger partial charge >= 0.3 is 0 Å². The van der Waals surface area contributed by atoms with Gasteiger partial charge in [0.25, 0.3) is 0 Å². The molecule has 0 saturated carbocycles. The third-order valence-electron chi connectivity index (χ3n) is 7.15. The van der Waals surface area contributed by atoms with Gasteiger partial charge in [0.15, 0.2) is 0 Å². The summed E-state index contributed by atoms with van der Waals surface area (Å²) in [5.74, 6) is 3.07. The first kappa shape index (κ1) is 21.3. The molecule has 0 aromatic heterocycles. The summed E-state index contributed by atoms with van der Waals surface area (Å²) in [5.41, 5.74) is 4.11. The molecule has 0 amide bonds. The molecule has 0 saturated heterocycles. The number of benzene rings is 1. The maximum Gasteiger partial charge on any atom is 0.127 e. The van der Waals surface area contributed by atoms with Crippen LogP contribution in [0.2, 0.25) is 0 Å². The van der Waals surface area contributed by atoms with Crippen molar-refractivity contribution in [2.75, 3.05) is 7.11 Å². The van der Waals surface area contributed by atoms with Gasteiger partial charge < -0.3 is 9.47 Å². The van der Waals surface area contributed by atoms with Crippen molar-refractivity contribution in [3.05, 3.63) is 34.9 Å². The Labute approximate surface area is 172 Å². The van der Waals surface area contributed by atoms with Crippen molar-refractivity contribution in [3.63, 3.8) is 0 Å². The Hall–Kier alpha value is -1.44. The van der Waals surface area contributed by atoms with E-state index in [0.29, 0.717) is 11.8 Å². The van der Waals surface area contributed by atoms with E-state index >= 15 is 0 Å². The quantitative estimate of drug-likeness (QED) is 0.357. The Kier molecular flexibility index (Phi) is 6.17.